The first-order valence-corrected chi connectivity index (χ1v) is 7.32. The van der Waals surface area contributed by atoms with E-state index in [0.29, 0.717) is 5.54 Å². The van der Waals surface area contributed by atoms with Gasteiger partial charge in [-0.1, -0.05) is 6.92 Å². The second-order valence-electron chi connectivity index (χ2n) is 6.27. The molecule has 100 valence electrons. The molecule has 1 saturated carbocycles. The highest BCUT2D eigenvalue weighted by Gasteiger charge is 2.30. The summed E-state index contributed by atoms with van der Waals surface area (Å²) in [4.78, 5) is 5.29. The molecule has 2 fully saturated rings. The molecule has 1 N–H and O–H groups in total. The summed E-state index contributed by atoms with van der Waals surface area (Å²) in [5.41, 5.74) is 0.301. The van der Waals surface area contributed by atoms with Gasteiger partial charge in [0, 0.05) is 50.8 Å². The molecular formula is C14H29N3. The average Bonchev–Trinajstić information content (AvgIpc) is 3.14. The van der Waals surface area contributed by atoms with Crippen LogP contribution in [0.2, 0.25) is 0 Å². The maximum absolute atomic E-state index is 3.65. The molecule has 1 saturated heterocycles. The van der Waals surface area contributed by atoms with E-state index in [4.69, 9.17) is 0 Å². The molecule has 0 radical (unpaired) electrons. The van der Waals surface area contributed by atoms with Crippen molar-refractivity contribution in [3.05, 3.63) is 0 Å². The summed E-state index contributed by atoms with van der Waals surface area (Å²) in [7, 11) is 0. The second kappa shape index (κ2) is 5.68. The Morgan fingerprint density at radius 1 is 1.12 bits per heavy atom. The lowest BCUT2D eigenvalue weighted by molar-refractivity contribution is 0.125. The Morgan fingerprint density at radius 2 is 1.76 bits per heavy atom. The highest BCUT2D eigenvalue weighted by Crippen LogP contribution is 2.27. The third kappa shape index (κ3) is 4.23. The molecule has 1 aliphatic heterocycles. The van der Waals surface area contributed by atoms with Crippen LogP contribution in [-0.4, -0.2) is 60.6 Å². The highest BCUT2D eigenvalue weighted by atomic mass is 15.3. The Kier molecular flexibility index (Phi) is 4.45. The summed E-state index contributed by atoms with van der Waals surface area (Å²) >= 11 is 0. The van der Waals surface area contributed by atoms with E-state index < -0.39 is 0 Å². The third-order valence-electron chi connectivity index (χ3n) is 4.39. The van der Waals surface area contributed by atoms with Gasteiger partial charge in [0.15, 0.2) is 0 Å². The first-order chi connectivity index (χ1) is 8.11. The van der Waals surface area contributed by atoms with Crippen LogP contribution in [0.5, 0.6) is 0 Å². The fourth-order valence-electron chi connectivity index (χ4n) is 2.47. The molecule has 1 aliphatic carbocycles. The minimum Gasteiger partial charge on any atom is -0.311 e. The van der Waals surface area contributed by atoms with Crippen molar-refractivity contribution >= 4 is 0 Å². The lowest BCUT2D eigenvalue weighted by Gasteiger charge is -2.35. The van der Waals surface area contributed by atoms with Crippen LogP contribution >= 0.6 is 0 Å². The molecule has 0 aromatic heterocycles. The SMILES string of the molecule is CCC(C)(C)NCCN1CCN(C2CC2)CC1. The van der Waals surface area contributed by atoms with Crippen LogP contribution in [0.15, 0.2) is 0 Å². The minimum atomic E-state index is 0.301. The van der Waals surface area contributed by atoms with Gasteiger partial charge in [-0.15, -0.1) is 0 Å². The van der Waals surface area contributed by atoms with Gasteiger partial charge in [0.25, 0.3) is 0 Å². The predicted molar refractivity (Wildman–Crippen MR) is 73.4 cm³/mol. The molecule has 1 heterocycles. The maximum Gasteiger partial charge on any atom is 0.0123 e. The Bertz CT molecular complexity index is 228. The van der Waals surface area contributed by atoms with Crippen LogP contribution in [0.1, 0.15) is 40.0 Å². The summed E-state index contributed by atoms with van der Waals surface area (Å²) in [5, 5.41) is 3.65. The molecule has 3 heteroatoms. The summed E-state index contributed by atoms with van der Waals surface area (Å²) in [6.45, 7) is 14.3. The van der Waals surface area contributed by atoms with Crippen molar-refractivity contribution in [2.75, 3.05) is 39.3 Å². The molecule has 0 amide bonds. The normalized spacial score (nSPS) is 24.2. The number of nitrogens with zero attached hydrogens (tertiary/aromatic N) is 2. The topological polar surface area (TPSA) is 18.5 Å². The van der Waals surface area contributed by atoms with Crippen molar-refractivity contribution in [1.82, 2.24) is 15.1 Å². The van der Waals surface area contributed by atoms with Crippen LogP contribution in [-0.2, 0) is 0 Å². The first-order valence-electron chi connectivity index (χ1n) is 7.32. The summed E-state index contributed by atoms with van der Waals surface area (Å²) in [6.07, 6.45) is 4.10. The zero-order chi connectivity index (χ0) is 12.3. The highest BCUT2D eigenvalue weighted by molar-refractivity contribution is 4.87. The standard InChI is InChI=1S/C14H29N3/c1-4-14(2,3)15-7-8-16-9-11-17(12-10-16)13-5-6-13/h13,15H,4-12H2,1-3H3. The van der Waals surface area contributed by atoms with Crippen molar-refractivity contribution in [3.63, 3.8) is 0 Å². The van der Waals surface area contributed by atoms with Gasteiger partial charge in [-0.25, -0.2) is 0 Å². The number of nitrogens with one attached hydrogen (secondary N) is 1. The van der Waals surface area contributed by atoms with Gasteiger partial charge in [-0.3, -0.25) is 9.80 Å². The molecule has 17 heavy (non-hydrogen) atoms. The van der Waals surface area contributed by atoms with E-state index in [9.17, 15) is 0 Å². The molecule has 2 rings (SSSR count). The van der Waals surface area contributed by atoms with Gasteiger partial charge in [-0.2, -0.15) is 0 Å². The van der Waals surface area contributed by atoms with Crippen LogP contribution < -0.4 is 5.32 Å². The molecule has 3 nitrogen and oxygen atoms in total. The zero-order valence-electron chi connectivity index (χ0n) is 11.8. The van der Waals surface area contributed by atoms with Gasteiger partial charge in [-0.05, 0) is 33.1 Å². The number of rotatable bonds is 6. The zero-order valence-corrected chi connectivity index (χ0v) is 11.8. The van der Waals surface area contributed by atoms with Crippen molar-refractivity contribution in [1.29, 1.82) is 0 Å². The van der Waals surface area contributed by atoms with Crippen molar-refractivity contribution in [2.24, 2.45) is 0 Å². The van der Waals surface area contributed by atoms with Crippen LogP contribution in [0, 0.1) is 0 Å². The lowest BCUT2D eigenvalue weighted by Crippen LogP contribution is -2.50. The largest absolute Gasteiger partial charge is 0.311 e. The van der Waals surface area contributed by atoms with Crippen molar-refractivity contribution in [3.8, 4) is 0 Å². The van der Waals surface area contributed by atoms with Gasteiger partial charge in [0.1, 0.15) is 0 Å². The fraction of sp³-hybridized carbons (Fsp3) is 1.00. The van der Waals surface area contributed by atoms with E-state index in [-0.39, 0.29) is 0 Å². The molecule has 0 aromatic carbocycles. The average molecular weight is 239 g/mol. The molecule has 0 unspecified atom stereocenters. The van der Waals surface area contributed by atoms with E-state index in [1.165, 1.54) is 52.0 Å². The quantitative estimate of drug-likeness (QED) is 0.758. The van der Waals surface area contributed by atoms with E-state index in [0.717, 1.165) is 12.6 Å². The van der Waals surface area contributed by atoms with Crippen LogP contribution in [0.25, 0.3) is 0 Å². The fourth-order valence-corrected chi connectivity index (χ4v) is 2.47. The summed E-state index contributed by atoms with van der Waals surface area (Å²) in [6, 6.07) is 0.953. The van der Waals surface area contributed by atoms with Gasteiger partial charge in [0.2, 0.25) is 0 Å². The molecule has 0 spiro atoms. The van der Waals surface area contributed by atoms with Crippen LogP contribution in [0.3, 0.4) is 0 Å². The third-order valence-corrected chi connectivity index (χ3v) is 4.39. The second-order valence-corrected chi connectivity index (χ2v) is 6.27. The Morgan fingerprint density at radius 3 is 2.29 bits per heavy atom. The molecule has 0 aromatic rings. The Labute approximate surface area is 107 Å². The van der Waals surface area contributed by atoms with E-state index in [1.807, 2.05) is 0 Å². The Hall–Kier alpha value is -0.120. The lowest BCUT2D eigenvalue weighted by atomic mass is 10.0. The van der Waals surface area contributed by atoms with Crippen molar-refractivity contribution in [2.45, 2.75) is 51.6 Å². The predicted octanol–water partition coefficient (Wildman–Crippen LogP) is 1.54. The number of hydrogen-bond acceptors (Lipinski definition) is 3. The monoisotopic (exact) mass is 239 g/mol. The summed E-state index contributed by atoms with van der Waals surface area (Å²) < 4.78 is 0. The van der Waals surface area contributed by atoms with E-state index in [2.05, 4.69) is 35.9 Å². The number of hydrogen-bond donors (Lipinski definition) is 1. The Balaban J connectivity index is 1.58. The van der Waals surface area contributed by atoms with E-state index >= 15 is 0 Å². The van der Waals surface area contributed by atoms with Gasteiger partial charge < -0.3 is 5.32 Å². The van der Waals surface area contributed by atoms with E-state index in [1.54, 1.807) is 0 Å². The summed E-state index contributed by atoms with van der Waals surface area (Å²) in [5.74, 6) is 0. The first kappa shape index (κ1) is 13.3. The maximum atomic E-state index is 3.65. The van der Waals surface area contributed by atoms with Gasteiger partial charge >= 0.3 is 0 Å². The smallest absolute Gasteiger partial charge is 0.0123 e. The molecular weight excluding hydrogens is 210 g/mol. The molecule has 2 aliphatic rings. The molecule has 0 bridgehead atoms. The van der Waals surface area contributed by atoms with Crippen LogP contribution in [0.4, 0.5) is 0 Å². The van der Waals surface area contributed by atoms with Gasteiger partial charge in [0.05, 0.1) is 0 Å². The van der Waals surface area contributed by atoms with Crippen molar-refractivity contribution < 1.29 is 0 Å². The molecule has 0 atom stereocenters. The minimum absolute atomic E-state index is 0.301. The number of piperazine rings is 1.